The molecule has 0 saturated carbocycles. The molecule has 9 heteroatoms. The van der Waals surface area contributed by atoms with Crippen LogP contribution < -0.4 is 19.1 Å². The summed E-state index contributed by atoms with van der Waals surface area (Å²) in [7, 11) is 4.53. The molecule has 0 N–H and O–H groups in total. The van der Waals surface area contributed by atoms with Crippen LogP contribution >= 0.6 is 0 Å². The Hall–Kier alpha value is -3.36. The normalized spacial score (nSPS) is 14.6. The van der Waals surface area contributed by atoms with E-state index in [-0.39, 0.29) is 5.91 Å². The van der Waals surface area contributed by atoms with E-state index in [9.17, 15) is 18.0 Å². The summed E-state index contributed by atoms with van der Waals surface area (Å²) in [6.45, 7) is 1.70. The zero-order chi connectivity index (χ0) is 23.3. The van der Waals surface area contributed by atoms with E-state index in [1.807, 2.05) is 4.90 Å². The third-order valence-corrected chi connectivity index (χ3v) is 5.27. The van der Waals surface area contributed by atoms with Gasteiger partial charge in [0, 0.05) is 43.5 Å². The van der Waals surface area contributed by atoms with E-state index in [4.69, 9.17) is 14.2 Å². The summed E-state index contributed by atoms with van der Waals surface area (Å²) in [5, 5.41) is 0. The van der Waals surface area contributed by atoms with Crippen LogP contribution in [0.4, 0.5) is 18.9 Å². The molecular formula is C23H25F3N2O4. The van der Waals surface area contributed by atoms with E-state index in [0.717, 1.165) is 12.1 Å². The van der Waals surface area contributed by atoms with E-state index < -0.39 is 11.7 Å². The van der Waals surface area contributed by atoms with Crippen molar-refractivity contribution in [1.29, 1.82) is 0 Å². The molecule has 0 aliphatic carbocycles. The van der Waals surface area contributed by atoms with Crippen molar-refractivity contribution in [2.24, 2.45) is 0 Å². The van der Waals surface area contributed by atoms with Gasteiger partial charge in [-0.15, -0.1) is 0 Å². The summed E-state index contributed by atoms with van der Waals surface area (Å²) in [5.41, 5.74) is 0.471. The Bertz CT molecular complexity index is 984. The largest absolute Gasteiger partial charge is 0.493 e. The Balaban J connectivity index is 1.66. The standard InChI is InChI=1S/C23H25F3N2O4/c1-30-19-9-7-16(21(31-2)22(19)32-3)8-10-20(29)28-13-11-27(12-14-28)18-6-4-5-17(15-18)23(24,25)26/h4-10,15H,11-14H2,1-3H3/b10-8+. The molecule has 1 saturated heterocycles. The Labute approximate surface area is 184 Å². The maximum Gasteiger partial charge on any atom is 0.416 e. The van der Waals surface area contributed by atoms with Crippen LogP contribution in [0.3, 0.4) is 0 Å². The highest BCUT2D eigenvalue weighted by Gasteiger charge is 2.31. The number of alkyl halides is 3. The van der Waals surface area contributed by atoms with Crippen molar-refractivity contribution in [1.82, 2.24) is 4.90 Å². The molecule has 1 aliphatic rings. The molecule has 0 bridgehead atoms. The fourth-order valence-corrected chi connectivity index (χ4v) is 3.59. The maximum atomic E-state index is 13.0. The number of ether oxygens (including phenoxy) is 3. The first-order chi connectivity index (χ1) is 15.3. The highest BCUT2D eigenvalue weighted by Crippen LogP contribution is 2.40. The van der Waals surface area contributed by atoms with Gasteiger partial charge in [0.25, 0.3) is 0 Å². The minimum absolute atomic E-state index is 0.189. The second-order valence-corrected chi connectivity index (χ2v) is 7.12. The topological polar surface area (TPSA) is 51.2 Å². The summed E-state index contributed by atoms with van der Waals surface area (Å²) in [6, 6.07) is 8.72. The lowest BCUT2D eigenvalue weighted by molar-refractivity contribution is -0.137. The Morgan fingerprint density at radius 2 is 1.62 bits per heavy atom. The predicted octanol–water partition coefficient (Wildman–Crippen LogP) is 4.09. The van der Waals surface area contributed by atoms with Crippen molar-refractivity contribution in [2.45, 2.75) is 6.18 Å². The highest BCUT2D eigenvalue weighted by atomic mass is 19.4. The van der Waals surface area contributed by atoms with E-state index in [1.165, 1.54) is 33.5 Å². The number of methoxy groups -OCH3 is 3. The molecule has 1 amide bonds. The molecule has 172 valence electrons. The minimum Gasteiger partial charge on any atom is -0.493 e. The van der Waals surface area contributed by atoms with Gasteiger partial charge in [-0.3, -0.25) is 4.79 Å². The fraction of sp³-hybridized carbons (Fsp3) is 0.348. The number of carbonyl (C=O) groups is 1. The fourth-order valence-electron chi connectivity index (χ4n) is 3.59. The van der Waals surface area contributed by atoms with Crippen molar-refractivity contribution >= 4 is 17.7 Å². The van der Waals surface area contributed by atoms with Crippen molar-refractivity contribution in [3.8, 4) is 17.2 Å². The summed E-state index contributed by atoms with van der Waals surface area (Å²) < 4.78 is 54.9. The summed E-state index contributed by atoms with van der Waals surface area (Å²) in [6.07, 6.45) is -1.30. The third-order valence-electron chi connectivity index (χ3n) is 5.27. The van der Waals surface area contributed by atoms with Crippen LogP contribution in [-0.4, -0.2) is 58.3 Å². The zero-order valence-corrected chi connectivity index (χ0v) is 18.1. The van der Waals surface area contributed by atoms with Crippen LogP contribution in [0.5, 0.6) is 17.2 Å². The second-order valence-electron chi connectivity index (χ2n) is 7.12. The number of nitrogens with zero attached hydrogens (tertiary/aromatic N) is 2. The van der Waals surface area contributed by atoms with E-state index >= 15 is 0 Å². The SMILES string of the molecule is COc1ccc(/C=C/C(=O)N2CCN(c3cccc(C(F)(F)F)c3)CC2)c(OC)c1OC. The van der Waals surface area contributed by atoms with Gasteiger partial charge in [0.1, 0.15) is 0 Å². The molecule has 2 aromatic carbocycles. The summed E-state index contributed by atoms with van der Waals surface area (Å²) in [4.78, 5) is 16.2. The Morgan fingerprint density at radius 3 is 2.22 bits per heavy atom. The second kappa shape index (κ2) is 9.84. The van der Waals surface area contributed by atoms with Gasteiger partial charge in [-0.2, -0.15) is 13.2 Å². The first kappa shape index (κ1) is 23.3. The van der Waals surface area contributed by atoms with Crippen molar-refractivity contribution in [2.75, 3.05) is 52.4 Å². The predicted molar refractivity (Wildman–Crippen MR) is 115 cm³/mol. The molecule has 2 aromatic rings. The van der Waals surface area contributed by atoms with Gasteiger partial charge >= 0.3 is 6.18 Å². The number of rotatable bonds is 6. The van der Waals surface area contributed by atoms with Gasteiger partial charge < -0.3 is 24.0 Å². The highest BCUT2D eigenvalue weighted by molar-refractivity contribution is 5.92. The first-order valence-corrected chi connectivity index (χ1v) is 9.96. The molecule has 6 nitrogen and oxygen atoms in total. The van der Waals surface area contributed by atoms with Crippen LogP contribution in [0.15, 0.2) is 42.5 Å². The van der Waals surface area contributed by atoms with Crippen LogP contribution in [0.2, 0.25) is 0 Å². The van der Waals surface area contributed by atoms with Gasteiger partial charge in [-0.25, -0.2) is 0 Å². The number of anilines is 1. The van der Waals surface area contributed by atoms with E-state index in [0.29, 0.717) is 54.7 Å². The molecule has 1 heterocycles. The number of hydrogen-bond donors (Lipinski definition) is 0. The van der Waals surface area contributed by atoms with E-state index in [2.05, 4.69) is 0 Å². The molecule has 0 unspecified atom stereocenters. The summed E-state index contributed by atoms with van der Waals surface area (Å²) in [5.74, 6) is 1.20. The molecular weight excluding hydrogens is 425 g/mol. The van der Waals surface area contributed by atoms with Crippen LogP contribution in [-0.2, 0) is 11.0 Å². The molecule has 0 radical (unpaired) electrons. The van der Waals surface area contributed by atoms with Gasteiger partial charge in [0.05, 0.1) is 26.9 Å². The van der Waals surface area contributed by atoms with Crippen molar-refractivity contribution < 1.29 is 32.2 Å². The smallest absolute Gasteiger partial charge is 0.416 e. The molecule has 32 heavy (non-hydrogen) atoms. The maximum absolute atomic E-state index is 13.0. The number of piperazine rings is 1. The monoisotopic (exact) mass is 450 g/mol. The molecule has 1 aliphatic heterocycles. The van der Waals surface area contributed by atoms with Crippen LogP contribution in [0.25, 0.3) is 6.08 Å². The number of hydrogen-bond acceptors (Lipinski definition) is 5. The number of halogens is 3. The van der Waals surface area contributed by atoms with Crippen LogP contribution in [0.1, 0.15) is 11.1 Å². The Kier molecular flexibility index (Phi) is 7.17. The number of carbonyl (C=O) groups excluding carboxylic acids is 1. The Morgan fingerprint density at radius 1 is 0.938 bits per heavy atom. The molecule has 0 atom stereocenters. The van der Waals surface area contributed by atoms with E-state index in [1.54, 1.807) is 29.2 Å². The zero-order valence-electron chi connectivity index (χ0n) is 18.1. The average Bonchev–Trinajstić information content (AvgIpc) is 2.81. The molecule has 3 rings (SSSR count). The molecule has 0 spiro atoms. The average molecular weight is 450 g/mol. The quantitative estimate of drug-likeness (QED) is 0.621. The molecule has 0 aromatic heterocycles. The number of benzene rings is 2. The van der Waals surface area contributed by atoms with Gasteiger partial charge in [0.2, 0.25) is 11.7 Å². The van der Waals surface area contributed by atoms with Crippen molar-refractivity contribution in [3.63, 3.8) is 0 Å². The number of amides is 1. The van der Waals surface area contributed by atoms with Gasteiger partial charge in [-0.05, 0) is 36.4 Å². The lowest BCUT2D eigenvalue weighted by Gasteiger charge is -2.36. The molecule has 1 fully saturated rings. The summed E-state index contributed by atoms with van der Waals surface area (Å²) >= 11 is 0. The third kappa shape index (κ3) is 5.09. The van der Waals surface area contributed by atoms with Crippen molar-refractivity contribution in [3.05, 3.63) is 53.6 Å². The lowest BCUT2D eigenvalue weighted by atomic mass is 10.1. The minimum atomic E-state index is -4.39. The van der Waals surface area contributed by atoms with Crippen LogP contribution in [0, 0.1) is 0 Å². The van der Waals surface area contributed by atoms with Gasteiger partial charge in [0.15, 0.2) is 11.5 Å². The van der Waals surface area contributed by atoms with Gasteiger partial charge in [-0.1, -0.05) is 6.07 Å². The lowest BCUT2D eigenvalue weighted by Crippen LogP contribution is -2.48. The first-order valence-electron chi connectivity index (χ1n) is 9.96.